The summed E-state index contributed by atoms with van der Waals surface area (Å²) in [7, 11) is 2.72. The Balaban J connectivity index is 2.28. The molecule has 0 unspecified atom stereocenters. The first-order chi connectivity index (χ1) is 9.77. The SMILES string of the molecule is Cn1nnc(COc2ccc(S(=O)(=O)Cl)cc2C(=O)O)n1. The summed E-state index contributed by atoms with van der Waals surface area (Å²) < 4.78 is 27.7. The maximum absolute atomic E-state index is 11.2. The largest absolute Gasteiger partial charge is 0.485 e. The van der Waals surface area contributed by atoms with E-state index in [1.807, 2.05) is 0 Å². The number of hydrogen-bond donors (Lipinski definition) is 1. The number of rotatable bonds is 5. The molecule has 1 heterocycles. The number of carbonyl (C=O) groups is 1. The molecule has 0 radical (unpaired) electrons. The maximum Gasteiger partial charge on any atom is 0.339 e. The van der Waals surface area contributed by atoms with Crippen molar-refractivity contribution in [3.8, 4) is 5.75 Å². The van der Waals surface area contributed by atoms with Gasteiger partial charge in [0, 0.05) is 10.7 Å². The molecule has 1 aromatic heterocycles. The average Bonchev–Trinajstić information content (AvgIpc) is 2.80. The molecule has 0 bridgehead atoms. The molecule has 11 heteroatoms. The van der Waals surface area contributed by atoms with E-state index in [4.69, 9.17) is 20.5 Å². The minimum Gasteiger partial charge on any atom is -0.485 e. The molecule has 0 aliphatic rings. The van der Waals surface area contributed by atoms with Crippen LogP contribution in [0.5, 0.6) is 5.75 Å². The van der Waals surface area contributed by atoms with Crippen molar-refractivity contribution < 1.29 is 23.1 Å². The number of carboxylic acid groups (broad SMARTS) is 1. The number of aromatic carboxylic acids is 1. The number of nitrogens with zero attached hydrogens (tertiary/aromatic N) is 4. The lowest BCUT2D eigenvalue weighted by molar-refractivity contribution is 0.0691. The molecule has 21 heavy (non-hydrogen) atoms. The second kappa shape index (κ2) is 5.66. The molecular formula is C10H9ClN4O5S. The number of aryl methyl sites for hydroxylation is 1. The average molecular weight is 333 g/mol. The van der Waals surface area contributed by atoms with Crippen molar-refractivity contribution in [3.63, 3.8) is 0 Å². The van der Waals surface area contributed by atoms with Crippen molar-refractivity contribution in [1.29, 1.82) is 0 Å². The van der Waals surface area contributed by atoms with Crippen LogP contribution in [0.3, 0.4) is 0 Å². The molecule has 0 fully saturated rings. The highest BCUT2D eigenvalue weighted by molar-refractivity contribution is 8.13. The van der Waals surface area contributed by atoms with Gasteiger partial charge in [0.05, 0.1) is 11.9 Å². The van der Waals surface area contributed by atoms with Gasteiger partial charge in [-0.05, 0) is 23.4 Å². The summed E-state index contributed by atoms with van der Waals surface area (Å²) in [5.74, 6) is -1.12. The Hall–Kier alpha value is -2.20. The molecule has 9 nitrogen and oxygen atoms in total. The van der Waals surface area contributed by atoms with Gasteiger partial charge in [0.2, 0.25) is 5.82 Å². The van der Waals surface area contributed by atoms with Crippen LogP contribution in [0.4, 0.5) is 0 Å². The predicted octanol–water partition coefficient (Wildman–Crippen LogP) is 0.415. The van der Waals surface area contributed by atoms with Crippen LogP contribution in [-0.4, -0.2) is 39.7 Å². The molecule has 0 atom stereocenters. The molecular weight excluding hydrogens is 324 g/mol. The van der Waals surface area contributed by atoms with Crippen molar-refractivity contribution in [3.05, 3.63) is 29.6 Å². The van der Waals surface area contributed by atoms with E-state index in [-0.39, 0.29) is 28.6 Å². The minimum absolute atomic E-state index is 0.0287. The zero-order valence-electron chi connectivity index (χ0n) is 10.6. The van der Waals surface area contributed by atoms with Crippen LogP contribution < -0.4 is 4.74 Å². The number of ether oxygens (including phenoxy) is 1. The summed E-state index contributed by atoms with van der Waals surface area (Å²) in [6, 6.07) is 3.27. The lowest BCUT2D eigenvalue weighted by atomic mass is 10.2. The van der Waals surface area contributed by atoms with Crippen LogP contribution in [0.2, 0.25) is 0 Å². The predicted molar refractivity (Wildman–Crippen MR) is 69.6 cm³/mol. The normalized spacial score (nSPS) is 11.3. The molecule has 2 rings (SSSR count). The summed E-state index contributed by atoms with van der Waals surface area (Å²) in [6.45, 7) is -0.110. The number of halogens is 1. The third-order valence-electron chi connectivity index (χ3n) is 2.37. The fourth-order valence-corrected chi connectivity index (χ4v) is 2.25. The van der Waals surface area contributed by atoms with Gasteiger partial charge < -0.3 is 9.84 Å². The highest BCUT2D eigenvalue weighted by Gasteiger charge is 2.18. The fraction of sp³-hybridized carbons (Fsp3) is 0.200. The molecule has 0 aliphatic heterocycles. The standard InChI is InChI=1S/C10H9ClN4O5S/c1-15-13-9(12-14-15)5-20-8-3-2-6(21(11,18)19)4-7(8)10(16)17/h2-4H,5H2,1H3,(H,16,17). The smallest absolute Gasteiger partial charge is 0.339 e. The third kappa shape index (κ3) is 3.67. The van der Waals surface area contributed by atoms with Crippen LogP contribution in [0, 0.1) is 0 Å². The highest BCUT2D eigenvalue weighted by Crippen LogP contribution is 2.25. The van der Waals surface area contributed by atoms with Gasteiger partial charge in [-0.25, -0.2) is 13.2 Å². The Morgan fingerprint density at radius 3 is 2.71 bits per heavy atom. The van der Waals surface area contributed by atoms with Gasteiger partial charge in [-0.1, -0.05) is 0 Å². The van der Waals surface area contributed by atoms with Crippen LogP contribution >= 0.6 is 10.7 Å². The third-order valence-corrected chi connectivity index (χ3v) is 3.72. The van der Waals surface area contributed by atoms with E-state index in [0.717, 1.165) is 12.1 Å². The van der Waals surface area contributed by atoms with E-state index >= 15 is 0 Å². The first kappa shape index (κ1) is 15.2. The van der Waals surface area contributed by atoms with Crippen LogP contribution in [0.25, 0.3) is 0 Å². The van der Waals surface area contributed by atoms with E-state index in [2.05, 4.69) is 15.4 Å². The Morgan fingerprint density at radius 2 is 2.19 bits per heavy atom. The molecule has 112 valence electrons. The maximum atomic E-state index is 11.2. The molecule has 0 saturated heterocycles. The zero-order chi connectivity index (χ0) is 15.6. The van der Waals surface area contributed by atoms with E-state index in [0.29, 0.717) is 0 Å². The summed E-state index contributed by atoms with van der Waals surface area (Å²) in [4.78, 5) is 12.0. The van der Waals surface area contributed by atoms with Crippen molar-refractivity contribution in [2.24, 2.45) is 7.05 Å². The quantitative estimate of drug-likeness (QED) is 0.781. The Bertz CT molecular complexity index is 788. The van der Waals surface area contributed by atoms with E-state index < -0.39 is 15.0 Å². The first-order valence-electron chi connectivity index (χ1n) is 5.45. The Labute approximate surface area is 123 Å². The zero-order valence-corrected chi connectivity index (χ0v) is 12.2. The van der Waals surface area contributed by atoms with Crippen LogP contribution in [-0.2, 0) is 22.7 Å². The summed E-state index contributed by atoms with van der Waals surface area (Å²) >= 11 is 0. The van der Waals surface area contributed by atoms with Crippen LogP contribution in [0.15, 0.2) is 23.1 Å². The van der Waals surface area contributed by atoms with Crippen LogP contribution in [0.1, 0.15) is 16.2 Å². The Kier molecular flexibility index (Phi) is 4.09. The number of aromatic nitrogens is 4. The number of carboxylic acids is 1. The van der Waals surface area contributed by atoms with Gasteiger partial charge >= 0.3 is 5.97 Å². The monoisotopic (exact) mass is 332 g/mol. The minimum atomic E-state index is -4.02. The van der Waals surface area contributed by atoms with Gasteiger partial charge in [0.1, 0.15) is 11.3 Å². The van der Waals surface area contributed by atoms with Gasteiger partial charge in [0.25, 0.3) is 9.05 Å². The second-order valence-electron chi connectivity index (χ2n) is 3.88. The fourth-order valence-electron chi connectivity index (χ4n) is 1.48. The van der Waals surface area contributed by atoms with Crippen molar-refractivity contribution in [2.45, 2.75) is 11.5 Å². The van der Waals surface area contributed by atoms with Gasteiger partial charge in [-0.3, -0.25) is 0 Å². The van der Waals surface area contributed by atoms with Gasteiger partial charge in [0.15, 0.2) is 6.61 Å². The molecule has 0 aliphatic carbocycles. The highest BCUT2D eigenvalue weighted by atomic mass is 35.7. The summed E-state index contributed by atoms with van der Waals surface area (Å²) in [5.41, 5.74) is -0.333. The molecule has 0 amide bonds. The van der Waals surface area contributed by atoms with Crippen molar-refractivity contribution in [1.82, 2.24) is 20.2 Å². The van der Waals surface area contributed by atoms with E-state index in [9.17, 15) is 13.2 Å². The molecule has 1 aromatic carbocycles. The topological polar surface area (TPSA) is 124 Å². The summed E-state index contributed by atoms with van der Waals surface area (Å²) in [6.07, 6.45) is 0. The van der Waals surface area contributed by atoms with E-state index in [1.165, 1.54) is 10.9 Å². The first-order valence-corrected chi connectivity index (χ1v) is 7.76. The second-order valence-corrected chi connectivity index (χ2v) is 6.45. The van der Waals surface area contributed by atoms with Gasteiger partial charge in [-0.2, -0.15) is 4.80 Å². The molecule has 1 N–H and O–H groups in total. The molecule has 2 aromatic rings. The number of benzene rings is 1. The lowest BCUT2D eigenvalue weighted by Crippen LogP contribution is -2.06. The lowest BCUT2D eigenvalue weighted by Gasteiger charge is -2.08. The number of tetrazole rings is 1. The summed E-state index contributed by atoms with van der Waals surface area (Å²) in [5, 5.41) is 20.2. The van der Waals surface area contributed by atoms with Crippen molar-refractivity contribution >= 4 is 25.7 Å². The van der Waals surface area contributed by atoms with Gasteiger partial charge in [-0.15, -0.1) is 10.2 Å². The molecule has 0 spiro atoms. The number of hydrogen-bond acceptors (Lipinski definition) is 7. The Morgan fingerprint density at radius 1 is 1.48 bits per heavy atom. The van der Waals surface area contributed by atoms with Crippen molar-refractivity contribution in [2.75, 3.05) is 0 Å². The molecule has 0 saturated carbocycles. The van der Waals surface area contributed by atoms with E-state index in [1.54, 1.807) is 7.05 Å².